The van der Waals surface area contributed by atoms with E-state index >= 15 is 0 Å². The number of carbonyl (C=O) groups is 2. The molecule has 0 radical (unpaired) electrons. The van der Waals surface area contributed by atoms with Gasteiger partial charge in [-0.3, -0.25) is 14.5 Å². The molecule has 0 bridgehead atoms. The van der Waals surface area contributed by atoms with Crippen LogP contribution in [0.25, 0.3) is 22.0 Å². The van der Waals surface area contributed by atoms with Gasteiger partial charge in [0.25, 0.3) is 5.91 Å². The number of hydrogen-bond acceptors (Lipinski definition) is 5. The molecule has 0 spiro atoms. The number of ether oxygens (including phenoxy) is 1. The SMILES string of the molecule is CC1CCN(C(=O)c2ccc(-c3ccc4[nH]ccc4c3)c(OCCCN3CCCC3C(N)=O)c2)c2ccccc2N1. The number of amides is 2. The molecule has 2 unspecified atom stereocenters. The third-order valence-corrected chi connectivity index (χ3v) is 8.26. The molecule has 2 aliphatic rings. The van der Waals surface area contributed by atoms with E-state index < -0.39 is 0 Å². The number of hydrogen-bond donors (Lipinski definition) is 3. The van der Waals surface area contributed by atoms with Crippen molar-refractivity contribution in [3.05, 3.63) is 78.5 Å². The Labute approximate surface area is 240 Å². The monoisotopic (exact) mass is 551 g/mol. The van der Waals surface area contributed by atoms with Gasteiger partial charge in [-0.05, 0) is 98.6 Å². The largest absolute Gasteiger partial charge is 0.493 e. The summed E-state index contributed by atoms with van der Waals surface area (Å²) in [6.07, 6.45) is 5.33. The highest BCUT2D eigenvalue weighted by molar-refractivity contribution is 6.08. The molecule has 2 amide bonds. The Morgan fingerprint density at radius 1 is 1.02 bits per heavy atom. The third kappa shape index (κ3) is 5.65. The van der Waals surface area contributed by atoms with Crippen LogP contribution in [0.5, 0.6) is 5.75 Å². The van der Waals surface area contributed by atoms with E-state index in [0.717, 1.165) is 72.2 Å². The summed E-state index contributed by atoms with van der Waals surface area (Å²) in [5.41, 5.74) is 11.1. The number of nitrogens with zero attached hydrogens (tertiary/aromatic N) is 2. The molecule has 8 nitrogen and oxygen atoms in total. The van der Waals surface area contributed by atoms with Crippen LogP contribution in [0.1, 0.15) is 43.0 Å². The smallest absolute Gasteiger partial charge is 0.258 e. The van der Waals surface area contributed by atoms with Crippen molar-refractivity contribution < 1.29 is 14.3 Å². The number of fused-ring (bicyclic) bond motifs is 2. The molecule has 3 heterocycles. The summed E-state index contributed by atoms with van der Waals surface area (Å²) in [6.45, 7) is 4.85. The lowest BCUT2D eigenvalue weighted by molar-refractivity contribution is -0.122. The molecule has 1 fully saturated rings. The summed E-state index contributed by atoms with van der Waals surface area (Å²) in [5, 5.41) is 4.64. The van der Waals surface area contributed by atoms with Crippen molar-refractivity contribution in [3.63, 3.8) is 0 Å². The number of primary amides is 1. The molecular formula is C33H37N5O3. The van der Waals surface area contributed by atoms with Crippen molar-refractivity contribution in [2.24, 2.45) is 5.73 Å². The van der Waals surface area contributed by atoms with Crippen LogP contribution in [0.3, 0.4) is 0 Å². The van der Waals surface area contributed by atoms with Crippen molar-refractivity contribution in [2.45, 2.75) is 44.7 Å². The summed E-state index contributed by atoms with van der Waals surface area (Å²) in [6, 6.07) is 22.1. The first kappa shape index (κ1) is 26.9. The Hall–Kier alpha value is -4.30. The van der Waals surface area contributed by atoms with Gasteiger partial charge in [0.2, 0.25) is 5.91 Å². The average Bonchev–Trinajstić information content (AvgIpc) is 3.62. The number of nitrogens with one attached hydrogen (secondary N) is 2. The molecular weight excluding hydrogens is 514 g/mol. The van der Waals surface area contributed by atoms with Gasteiger partial charge in [0, 0.05) is 42.0 Å². The summed E-state index contributed by atoms with van der Waals surface area (Å²) >= 11 is 0. The van der Waals surface area contributed by atoms with Gasteiger partial charge in [0.15, 0.2) is 0 Å². The topological polar surface area (TPSA) is 104 Å². The van der Waals surface area contributed by atoms with Gasteiger partial charge in [-0.25, -0.2) is 0 Å². The van der Waals surface area contributed by atoms with Crippen molar-refractivity contribution >= 4 is 34.1 Å². The fraction of sp³-hybridized carbons (Fsp3) is 0.333. The van der Waals surface area contributed by atoms with E-state index in [1.807, 2.05) is 59.6 Å². The summed E-state index contributed by atoms with van der Waals surface area (Å²) < 4.78 is 6.40. The molecule has 0 saturated carbocycles. The standard InChI is InChI=1S/C33H37N5O3/c1-22-14-18-38(29-7-3-2-6-28(29)36-22)33(40)25-9-11-26(23-10-12-27-24(20-23)13-15-35-27)31(21-25)41-19-5-17-37-16-4-8-30(37)32(34)39/h2-3,6-7,9-13,15,20-22,30,35-36H,4-5,8,14,16-19H2,1H3,(H2,34,39). The van der Waals surface area contributed by atoms with Crippen LogP contribution in [0, 0.1) is 0 Å². The number of H-pyrrole nitrogens is 1. The fourth-order valence-electron chi connectivity index (χ4n) is 6.08. The first-order valence-electron chi connectivity index (χ1n) is 14.5. The zero-order valence-electron chi connectivity index (χ0n) is 23.4. The van der Waals surface area contributed by atoms with E-state index in [4.69, 9.17) is 10.5 Å². The van der Waals surface area contributed by atoms with Gasteiger partial charge in [0.1, 0.15) is 5.75 Å². The number of carbonyl (C=O) groups excluding carboxylic acids is 2. The molecule has 2 aliphatic heterocycles. The molecule has 1 saturated heterocycles. The predicted octanol–water partition coefficient (Wildman–Crippen LogP) is 5.40. The van der Waals surface area contributed by atoms with E-state index in [1.165, 1.54) is 0 Å². The van der Waals surface area contributed by atoms with E-state index in [0.29, 0.717) is 24.5 Å². The van der Waals surface area contributed by atoms with Gasteiger partial charge in [-0.2, -0.15) is 0 Å². The summed E-state index contributed by atoms with van der Waals surface area (Å²) in [4.78, 5) is 33.0. The molecule has 0 aliphatic carbocycles. The maximum absolute atomic E-state index is 14.0. The van der Waals surface area contributed by atoms with Crippen LogP contribution in [-0.2, 0) is 4.79 Å². The minimum atomic E-state index is -0.253. The Morgan fingerprint density at radius 2 is 1.90 bits per heavy atom. The van der Waals surface area contributed by atoms with Gasteiger partial charge in [-0.1, -0.05) is 18.2 Å². The van der Waals surface area contributed by atoms with Crippen LogP contribution in [-0.4, -0.2) is 60.0 Å². The van der Waals surface area contributed by atoms with Gasteiger partial charge in [-0.15, -0.1) is 0 Å². The average molecular weight is 552 g/mol. The Balaban J connectivity index is 1.27. The predicted molar refractivity (Wildman–Crippen MR) is 163 cm³/mol. The van der Waals surface area contributed by atoms with Crippen LogP contribution in [0.4, 0.5) is 11.4 Å². The molecule has 2 atom stereocenters. The van der Waals surface area contributed by atoms with Crippen molar-refractivity contribution in [1.29, 1.82) is 0 Å². The van der Waals surface area contributed by atoms with Gasteiger partial charge < -0.3 is 25.7 Å². The van der Waals surface area contributed by atoms with Crippen molar-refractivity contribution in [1.82, 2.24) is 9.88 Å². The first-order valence-corrected chi connectivity index (χ1v) is 14.5. The van der Waals surface area contributed by atoms with Crippen molar-refractivity contribution in [3.8, 4) is 16.9 Å². The van der Waals surface area contributed by atoms with E-state index in [1.54, 1.807) is 0 Å². The van der Waals surface area contributed by atoms with Crippen LogP contribution >= 0.6 is 0 Å². The lowest BCUT2D eigenvalue weighted by atomic mass is 10.0. The molecule has 1 aromatic heterocycles. The highest BCUT2D eigenvalue weighted by Crippen LogP contribution is 2.35. The second-order valence-electron chi connectivity index (χ2n) is 11.1. The Kier molecular flexibility index (Phi) is 7.65. The van der Waals surface area contributed by atoms with Gasteiger partial charge >= 0.3 is 0 Å². The maximum atomic E-state index is 14.0. The minimum absolute atomic E-state index is 0.0489. The molecule has 3 aromatic carbocycles. The number of aromatic nitrogens is 1. The highest BCUT2D eigenvalue weighted by Gasteiger charge is 2.28. The van der Waals surface area contributed by atoms with Crippen molar-refractivity contribution in [2.75, 3.05) is 36.5 Å². The lowest BCUT2D eigenvalue weighted by Gasteiger charge is -2.23. The normalized spacial score (nSPS) is 19.0. The molecule has 41 heavy (non-hydrogen) atoms. The Morgan fingerprint density at radius 3 is 2.78 bits per heavy atom. The second-order valence-corrected chi connectivity index (χ2v) is 11.1. The maximum Gasteiger partial charge on any atom is 0.258 e. The quantitative estimate of drug-likeness (QED) is 0.254. The van der Waals surface area contributed by atoms with E-state index in [2.05, 4.69) is 40.3 Å². The van der Waals surface area contributed by atoms with E-state index in [-0.39, 0.29) is 23.9 Å². The number of anilines is 2. The summed E-state index contributed by atoms with van der Waals surface area (Å²) in [5.74, 6) is 0.372. The molecule has 4 aromatic rings. The number of likely N-dealkylation sites (tertiary alicyclic amines) is 1. The first-order chi connectivity index (χ1) is 20.0. The number of benzene rings is 3. The molecule has 4 N–H and O–H groups in total. The lowest BCUT2D eigenvalue weighted by Crippen LogP contribution is -2.40. The molecule has 8 heteroatoms. The number of aromatic amines is 1. The zero-order chi connectivity index (χ0) is 28.3. The van der Waals surface area contributed by atoms with Gasteiger partial charge in [0.05, 0.1) is 24.0 Å². The molecule has 6 rings (SSSR count). The van der Waals surface area contributed by atoms with Crippen LogP contribution < -0.4 is 20.7 Å². The van der Waals surface area contributed by atoms with E-state index in [9.17, 15) is 9.59 Å². The molecule has 212 valence electrons. The second kappa shape index (κ2) is 11.7. The summed E-state index contributed by atoms with van der Waals surface area (Å²) in [7, 11) is 0. The number of nitrogens with two attached hydrogens (primary N) is 1. The van der Waals surface area contributed by atoms with Crippen LogP contribution in [0.15, 0.2) is 72.9 Å². The zero-order valence-corrected chi connectivity index (χ0v) is 23.4. The minimum Gasteiger partial charge on any atom is -0.493 e. The Bertz CT molecular complexity index is 1560. The van der Waals surface area contributed by atoms with Crippen LogP contribution in [0.2, 0.25) is 0 Å². The number of rotatable bonds is 8. The highest BCUT2D eigenvalue weighted by atomic mass is 16.5. The fourth-order valence-corrected chi connectivity index (χ4v) is 6.08. The number of para-hydroxylation sites is 2. The third-order valence-electron chi connectivity index (χ3n) is 8.26.